The highest BCUT2D eigenvalue weighted by Crippen LogP contribution is 2.35. The van der Waals surface area contributed by atoms with E-state index in [9.17, 15) is 5.11 Å². The van der Waals surface area contributed by atoms with Crippen LogP contribution in [0.2, 0.25) is 8.67 Å². The lowest BCUT2D eigenvalue weighted by atomic mass is 10.0. The minimum atomic E-state index is 0.177. The summed E-state index contributed by atoms with van der Waals surface area (Å²) >= 11 is 13.6. The molecule has 0 bridgehead atoms. The second-order valence-electron chi connectivity index (χ2n) is 5.27. The largest absolute Gasteiger partial charge is 0.508 e. The Labute approximate surface area is 139 Å². The molecule has 2 nitrogen and oxygen atoms in total. The third-order valence-electron chi connectivity index (χ3n) is 3.49. The molecule has 0 amide bonds. The van der Waals surface area contributed by atoms with Crippen molar-refractivity contribution >= 4 is 34.5 Å². The van der Waals surface area contributed by atoms with Crippen molar-refractivity contribution < 1.29 is 5.11 Å². The van der Waals surface area contributed by atoms with E-state index in [1.54, 1.807) is 12.1 Å². The van der Waals surface area contributed by atoms with Gasteiger partial charge in [0.15, 0.2) is 0 Å². The molecule has 0 spiro atoms. The fraction of sp³-hybridized carbons (Fsp3) is 0.375. The Bertz CT molecular complexity index is 582. The Morgan fingerprint density at radius 3 is 2.43 bits per heavy atom. The highest BCUT2D eigenvalue weighted by atomic mass is 35.5. The van der Waals surface area contributed by atoms with E-state index in [0.29, 0.717) is 11.8 Å². The SMILES string of the molecule is CC(CCc1ccc(O)cc1)NC(C)c1cc(Cl)sc1Cl. The molecule has 0 saturated heterocycles. The number of benzene rings is 1. The smallest absolute Gasteiger partial charge is 0.115 e. The summed E-state index contributed by atoms with van der Waals surface area (Å²) in [7, 11) is 0. The molecular weight excluding hydrogens is 325 g/mol. The zero-order chi connectivity index (χ0) is 15.4. The minimum absolute atomic E-state index is 0.177. The summed E-state index contributed by atoms with van der Waals surface area (Å²) in [5.41, 5.74) is 2.29. The second kappa shape index (κ2) is 7.50. The third kappa shape index (κ3) is 4.89. The van der Waals surface area contributed by atoms with E-state index in [-0.39, 0.29) is 6.04 Å². The van der Waals surface area contributed by atoms with Gasteiger partial charge in [0.25, 0.3) is 0 Å². The lowest BCUT2D eigenvalue weighted by molar-refractivity contribution is 0.456. The Balaban J connectivity index is 1.85. The summed E-state index contributed by atoms with van der Waals surface area (Å²) in [5, 5.41) is 12.8. The number of aryl methyl sites for hydroxylation is 1. The van der Waals surface area contributed by atoms with Crippen LogP contribution in [0.5, 0.6) is 5.75 Å². The number of hydrogen-bond donors (Lipinski definition) is 2. The molecule has 114 valence electrons. The van der Waals surface area contributed by atoms with Crippen LogP contribution < -0.4 is 5.32 Å². The zero-order valence-corrected chi connectivity index (χ0v) is 14.4. The van der Waals surface area contributed by atoms with Crippen LogP contribution in [0.3, 0.4) is 0 Å². The Morgan fingerprint density at radius 1 is 1.19 bits per heavy atom. The predicted molar refractivity (Wildman–Crippen MR) is 91.8 cm³/mol. The fourth-order valence-corrected chi connectivity index (χ4v) is 3.94. The summed E-state index contributed by atoms with van der Waals surface area (Å²) in [6.45, 7) is 4.26. The summed E-state index contributed by atoms with van der Waals surface area (Å²) in [5.74, 6) is 0.308. The van der Waals surface area contributed by atoms with Crippen LogP contribution in [0, 0.1) is 0 Å². The summed E-state index contributed by atoms with van der Waals surface area (Å²) in [6, 6.07) is 9.84. The molecule has 0 fully saturated rings. The van der Waals surface area contributed by atoms with Gasteiger partial charge in [-0.2, -0.15) is 0 Å². The van der Waals surface area contributed by atoms with Crippen LogP contribution in [0.15, 0.2) is 30.3 Å². The lowest BCUT2D eigenvalue weighted by Crippen LogP contribution is -2.29. The maximum absolute atomic E-state index is 9.27. The molecule has 0 aliphatic rings. The first-order valence-corrected chi connectivity index (χ1v) is 8.51. The van der Waals surface area contributed by atoms with Gasteiger partial charge in [0.05, 0.1) is 8.67 Å². The number of halogens is 2. The van der Waals surface area contributed by atoms with E-state index in [4.69, 9.17) is 23.2 Å². The number of hydrogen-bond acceptors (Lipinski definition) is 3. The van der Waals surface area contributed by atoms with Crippen LogP contribution in [-0.2, 0) is 6.42 Å². The van der Waals surface area contributed by atoms with Crippen LogP contribution in [0.4, 0.5) is 0 Å². The van der Waals surface area contributed by atoms with Gasteiger partial charge in [0, 0.05) is 12.1 Å². The molecule has 1 aromatic carbocycles. The molecule has 2 rings (SSSR count). The van der Waals surface area contributed by atoms with Gasteiger partial charge in [-0.05, 0) is 56.0 Å². The fourth-order valence-electron chi connectivity index (χ4n) is 2.29. The number of rotatable bonds is 6. The third-order valence-corrected chi connectivity index (χ3v) is 5.00. The molecule has 5 heteroatoms. The number of aromatic hydroxyl groups is 1. The molecule has 1 heterocycles. The molecular formula is C16H19Cl2NOS. The van der Waals surface area contributed by atoms with E-state index in [1.165, 1.54) is 16.9 Å². The van der Waals surface area contributed by atoms with Crippen LogP contribution in [0.1, 0.15) is 37.4 Å². The molecule has 1 aromatic heterocycles. The maximum atomic E-state index is 9.27. The Morgan fingerprint density at radius 2 is 1.86 bits per heavy atom. The first kappa shape index (κ1) is 16.6. The normalized spacial score (nSPS) is 14.1. The van der Waals surface area contributed by atoms with Crippen molar-refractivity contribution in [3.63, 3.8) is 0 Å². The van der Waals surface area contributed by atoms with Crippen molar-refractivity contribution in [2.75, 3.05) is 0 Å². The van der Waals surface area contributed by atoms with E-state index in [1.807, 2.05) is 18.2 Å². The first-order valence-electron chi connectivity index (χ1n) is 6.94. The monoisotopic (exact) mass is 343 g/mol. The molecule has 0 radical (unpaired) electrons. The van der Waals surface area contributed by atoms with E-state index >= 15 is 0 Å². The number of nitrogens with one attached hydrogen (secondary N) is 1. The van der Waals surface area contributed by atoms with Gasteiger partial charge in [-0.3, -0.25) is 0 Å². The summed E-state index contributed by atoms with van der Waals surface area (Å²) in [4.78, 5) is 0. The van der Waals surface area contributed by atoms with Gasteiger partial charge in [-0.15, -0.1) is 11.3 Å². The number of thiophene rings is 1. The van der Waals surface area contributed by atoms with Gasteiger partial charge < -0.3 is 10.4 Å². The second-order valence-corrected chi connectivity index (χ2v) is 7.56. The number of phenols is 1. The van der Waals surface area contributed by atoms with Crippen molar-refractivity contribution in [2.24, 2.45) is 0 Å². The standard InChI is InChI=1S/C16H19Cl2NOS/c1-10(3-4-12-5-7-13(20)8-6-12)19-11(2)14-9-15(17)21-16(14)18/h5-11,19-20H,3-4H2,1-2H3. The summed E-state index contributed by atoms with van der Waals surface area (Å²) < 4.78 is 1.48. The topological polar surface area (TPSA) is 32.3 Å². The van der Waals surface area contributed by atoms with Crippen LogP contribution in [0.25, 0.3) is 0 Å². The quantitative estimate of drug-likeness (QED) is 0.732. The molecule has 2 N–H and O–H groups in total. The van der Waals surface area contributed by atoms with Gasteiger partial charge in [0.2, 0.25) is 0 Å². The molecule has 21 heavy (non-hydrogen) atoms. The van der Waals surface area contributed by atoms with Crippen molar-refractivity contribution in [1.29, 1.82) is 0 Å². The minimum Gasteiger partial charge on any atom is -0.508 e. The van der Waals surface area contributed by atoms with Gasteiger partial charge in [-0.1, -0.05) is 35.3 Å². The van der Waals surface area contributed by atoms with Gasteiger partial charge in [-0.25, -0.2) is 0 Å². The van der Waals surface area contributed by atoms with E-state index in [2.05, 4.69) is 19.2 Å². The predicted octanol–water partition coefficient (Wildman–Crippen LogP) is 5.43. The Kier molecular flexibility index (Phi) is 5.94. The van der Waals surface area contributed by atoms with E-state index < -0.39 is 0 Å². The van der Waals surface area contributed by atoms with Crippen molar-refractivity contribution in [3.8, 4) is 5.75 Å². The van der Waals surface area contributed by atoms with E-state index in [0.717, 1.165) is 27.1 Å². The van der Waals surface area contributed by atoms with Crippen LogP contribution >= 0.6 is 34.5 Å². The van der Waals surface area contributed by atoms with Gasteiger partial charge >= 0.3 is 0 Å². The molecule has 0 saturated carbocycles. The lowest BCUT2D eigenvalue weighted by Gasteiger charge is -2.20. The molecule has 0 aliphatic heterocycles. The van der Waals surface area contributed by atoms with Crippen LogP contribution in [-0.4, -0.2) is 11.1 Å². The zero-order valence-electron chi connectivity index (χ0n) is 12.1. The highest BCUT2D eigenvalue weighted by Gasteiger charge is 2.15. The molecule has 0 aliphatic carbocycles. The average molecular weight is 344 g/mol. The van der Waals surface area contributed by atoms with Crippen molar-refractivity contribution in [3.05, 3.63) is 50.1 Å². The van der Waals surface area contributed by atoms with Crippen molar-refractivity contribution in [2.45, 2.75) is 38.8 Å². The maximum Gasteiger partial charge on any atom is 0.115 e. The van der Waals surface area contributed by atoms with Crippen molar-refractivity contribution in [1.82, 2.24) is 5.32 Å². The molecule has 2 atom stereocenters. The summed E-state index contributed by atoms with van der Waals surface area (Å²) in [6.07, 6.45) is 1.99. The van der Waals surface area contributed by atoms with Gasteiger partial charge in [0.1, 0.15) is 5.75 Å². The molecule has 2 unspecified atom stereocenters. The first-order chi connectivity index (χ1) is 9.95. The molecule has 2 aromatic rings. The average Bonchev–Trinajstić information content (AvgIpc) is 2.77. The number of phenolic OH excluding ortho intramolecular Hbond substituents is 1. The highest BCUT2D eigenvalue weighted by molar-refractivity contribution is 7.20. The Hall–Kier alpha value is -0.740.